The van der Waals surface area contributed by atoms with Crippen molar-refractivity contribution in [3.8, 4) is 0 Å². The zero-order chi connectivity index (χ0) is 14.8. The fourth-order valence-electron chi connectivity index (χ4n) is 1.64. The molecule has 1 unspecified atom stereocenters. The first kappa shape index (κ1) is 14.7. The van der Waals surface area contributed by atoms with E-state index < -0.39 is 17.0 Å². The molecule has 1 aromatic rings. The van der Waals surface area contributed by atoms with Gasteiger partial charge in [-0.25, -0.2) is 4.99 Å². The van der Waals surface area contributed by atoms with Gasteiger partial charge in [-0.05, 0) is 18.2 Å². The molecule has 1 aliphatic heterocycles. The average molecular weight is 304 g/mol. The fourth-order valence-corrected chi connectivity index (χ4v) is 2.46. The quantitative estimate of drug-likeness (QED) is 0.518. The van der Waals surface area contributed by atoms with E-state index in [4.69, 9.17) is 10.5 Å². The van der Waals surface area contributed by atoms with Gasteiger partial charge < -0.3 is 10.5 Å². The highest BCUT2D eigenvalue weighted by molar-refractivity contribution is 8.14. The van der Waals surface area contributed by atoms with Crippen LogP contribution in [0.1, 0.15) is 12.0 Å². The number of carbonyl (C=O) groups excluding carboxylic acids is 1. The fraction of sp³-hybridized carbons (Fsp3) is 0.333. The van der Waals surface area contributed by atoms with Crippen LogP contribution < -0.4 is 5.73 Å². The van der Waals surface area contributed by atoms with Gasteiger partial charge in [-0.1, -0.05) is 17.8 Å². The van der Waals surface area contributed by atoms with Gasteiger partial charge in [-0.15, -0.1) is 0 Å². The summed E-state index contributed by atoms with van der Waals surface area (Å²) in [6, 6.07) is 4.52. The Bertz CT molecular complexity index is 546. The maximum atomic E-state index is 12.5. The van der Waals surface area contributed by atoms with E-state index in [1.54, 1.807) is 0 Å². The highest BCUT2D eigenvalue weighted by Crippen LogP contribution is 2.32. The van der Waals surface area contributed by atoms with Crippen LogP contribution in [0.3, 0.4) is 0 Å². The first-order valence-electron chi connectivity index (χ1n) is 5.71. The molecule has 1 aliphatic rings. The molecule has 1 atom stereocenters. The molecule has 0 radical (unpaired) electrons. The van der Waals surface area contributed by atoms with Crippen LogP contribution in [0.4, 0.5) is 18.9 Å². The molecular weight excluding hydrogens is 293 g/mol. The van der Waals surface area contributed by atoms with Crippen molar-refractivity contribution in [2.75, 3.05) is 6.61 Å². The smallest absolute Gasteiger partial charge is 0.416 e. The van der Waals surface area contributed by atoms with Crippen LogP contribution in [0.2, 0.25) is 0 Å². The number of hydrogen-bond donors (Lipinski definition) is 1. The van der Waals surface area contributed by atoms with Gasteiger partial charge in [-0.3, -0.25) is 4.79 Å². The summed E-state index contributed by atoms with van der Waals surface area (Å²) in [7, 11) is 0. The van der Waals surface area contributed by atoms with E-state index in [0.717, 1.165) is 23.9 Å². The van der Waals surface area contributed by atoms with Crippen LogP contribution in [-0.2, 0) is 15.7 Å². The molecular formula is C12H11F3N2O2S. The third-order valence-electron chi connectivity index (χ3n) is 2.56. The van der Waals surface area contributed by atoms with Crippen molar-refractivity contribution in [2.45, 2.75) is 17.8 Å². The predicted octanol–water partition coefficient (Wildman–Crippen LogP) is 2.70. The summed E-state index contributed by atoms with van der Waals surface area (Å²) >= 11 is 0.995. The van der Waals surface area contributed by atoms with E-state index >= 15 is 0 Å². The Morgan fingerprint density at radius 1 is 1.45 bits per heavy atom. The van der Waals surface area contributed by atoms with Gasteiger partial charge >= 0.3 is 12.1 Å². The molecule has 1 fully saturated rings. The van der Waals surface area contributed by atoms with E-state index in [1.807, 2.05) is 0 Å². The van der Waals surface area contributed by atoms with Gasteiger partial charge in [0.25, 0.3) is 0 Å². The van der Waals surface area contributed by atoms with Gasteiger partial charge in [0.15, 0.2) is 5.17 Å². The van der Waals surface area contributed by atoms with Gasteiger partial charge in [0.05, 0.1) is 17.9 Å². The highest BCUT2D eigenvalue weighted by atomic mass is 32.2. The van der Waals surface area contributed by atoms with Crippen molar-refractivity contribution in [3.05, 3.63) is 29.8 Å². The standard InChI is InChI=1S/C12H11F3N2O2S/c13-12(14,15)7-2-1-3-8(6-7)17-11(16)20-9-4-5-19-10(9)18/h1-3,6,9H,4-5H2,(H2,16,17). The third kappa shape index (κ3) is 3.66. The van der Waals surface area contributed by atoms with Gasteiger partial charge in [0, 0.05) is 6.42 Å². The van der Waals surface area contributed by atoms with E-state index in [9.17, 15) is 18.0 Å². The lowest BCUT2D eigenvalue weighted by Gasteiger charge is -2.07. The molecule has 1 saturated heterocycles. The van der Waals surface area contributed by atoms with Crippen LogP contribution in [0, 0.1) is 0 Å². The van der Waals surface area contributed by atoms with Crippen LogP contribution in [0.5, 0.6) is 0 Å². The summed E-state index contributed by atoms with van der Waals surface area (Å²) in [6.07, 6.45) is -3.91. The Morgan fingerprint density at radius 2 is 2.20 bits per heavy atom. The van der Waals surface area contributed by atoms with Crippen molar-refractivity contribution < 1.29 is 22.7 Å². The number of carbonyl (C=O) groups is 1. The zero-order valence-electron chi connectivity index (χ0n) is 10.2. The van der Waals surface area contributed by atoms with E-state index in [-0.39, 0.29) is 16.8 Å². The first-order valence-corrected chi connectivity index (χ1v) is 6.59. The molecule has 1 aromatic carbocycles. The van der Waals surface area contributed by atoms with Crippen LogP contribution in [0.25, 0.3) is 0 Å². The first-order chi connectivity index (χ1) is 9.36. The Kier molecular flexibility index (Phi) is 4.22. The third-order valence-corrected chi connectivity index (χ3v) is 3.61. The van der Waals surface area contributed by atoms with Crippen LogP contribution in [0.15, 0.2) is 29.3 Å². The topological polar surface area (TPSA) is 64.7 Å². The molecule has 0 amide bonds. The summed E-state index contributed by atoms with van der Waals surface area (Å²) < 4.78 is 42.4. The number of amidine groups is 1. The van der Waals surface area contributed by atoms with Crippen LogP contribution in [-0.4, -0.2) is 23.0 Å². The second-order valence-corrected chi connectivity index (χ2v) is 5.28. The lowest BCUT2D eigenvalue weighted by Crippen LogP contribution is -2.17. The number of alkyl halides is 3. The Balaban J connectivity index is 2.11. The number of esters is 1. The largest absolute Gasteiger partial charge is 0.465 e. The van der Waals surface area contributed by atoms with Crippen molar-refractivity contribution in [1.82, 2.24) is 0 Å². The maximum absolute atomic E-state index is 12.5. The molecule has 0 aromatic heterocycles. The molecule has 8 heteroatoms. The normalized spacial score (nSPS) is 20.1. The summed E-state index contributed by atoms with van der Waals surface area (Å²) in [5.74, 6) is -0.378. The molecule has 1 heterocycles. The number of ether oxygens (including phenoxy) is 1. The zero-order valence-corrected chi connectivity index (χ0v) is 11.0. The number of nitrogens with zero attached hydrogens (tertiary/aromatic N) is 1. The van der Waals surface area contributed by atoms with Crippen molar-refractivity contribution >= 4 is 28.6 Å². The molecule has 4 nitrogen and oxygen atoms in total. The summed E-state index contributed by atoms with van der Waals surface area (Å²) in [5, 5.41) is -0.405. The molecule has 2 N–H and O–H groups in total. The summed E-state index contributed by atoms with van der Waals surface area (Å²) in [4.78, 5) is 15.1. The molecule has 108 valence electrons. The number of hydrogen-bond acceptors (Lipinski definition) is 4. The van der Waals surface area contributed by atoms with Crippen LogP contribution >= 0.6 is 11.8 Å². The molecule has 2 rings (SSSR count). The average Bonchev–Trinajstić information content (AvgIpc) is 2.74. The Labute approximate surface area is 117 Å². The highest BCUT2D eigenvalue weighted by Gasteiger charge is 2.31. The molecule has 20 heavy (non-hydrogen) atoms. The maximum Gasteiger partial charge on any atom is 0.416 e. The number of nitrogens with two attached hydrogens (primary N) is 1. The summed E-state index contributed by atoms with van der Waals surface area (Å²) in [5.41, 5.74) is 4.93. The number of cyclic esters (lactones) is 1. The number of rotatable bonds is 2. The monoisotopic (exact) mass is 304 g/mol. The second kappa shape index (κ2) is 5.74. The minimum atomic E-state index is -4.43. The molecule has 0 spiro atoms. The van der Waals surface area contributed by atoms with E-state index in [2.05, 4.69) is 4.99 Å². The number of thioether (sulfide) groups is 1. The number of halogens is 3. The van der Waals surface area contributed by atoms with Gasteiger partial charge in [0.1, 0.15) is 5.25 Å². The molecule has 0 saturated carbocycles. The van der Waals surface area contributed by atoms with E-state index in [0.29, 0.717) is 13.0 Å². The van der Waals surface area contributed by atoms with Crippen molar-refractivity contribution in [1.29, 1.82) is 0 Å². The molecule has 0 bridgehead atoms. The van der Waals surface area contributed by atoms with Gasteiger partial charge in [-0.2, -0.15) is 13.2 Å². The SMILES string of the molecule is NC(=Nc1cccc(C(F)(F)F)c1)SC1CCOC1=O. The Morgan fingerprint density at radius 3 is 2.80 bits per heavy atom. The Hall–Kier alpha value is -1.70. The van der Waals surface area contributed by atoms with Crippen molar-refractivity contribution in [3.63, 3.8) is 0 Å². The summed E-state index contributed by atoms with van der Waals surface area (Å²) in [6.45, 7) is 0.327. The predicted molar refractivity (Wildman–Crippen MR) is 69.7 cm³/mol. The second-order valence-electron chi connectivity index (χ2n) is 4.06. The molecule has 0 aliphatic carbocycles. The lowest BCUT2D eigenvalue weighted by atomic mass is 10.2. The van der Waals surface area contributed by atoms with E-state index in [1.165, 1.54) is 12.1 Å². The lowest BCUT2D eigenvalue weighted by molar-refractivity contribution is -0.138. The van der Waals surface area contributed by atoms with Gasteiger partial charge in [0.2, 0.25) is 0 Å². The number of aliphatic imine (C=N–C) groups is 1. The van der Waals surface area contributed by atoms with Crippen molar-refractivity contribution in [2.24, 2.45) is 10.7 Å². The minimum absolute atomic E-state index is 0.0353. The minimum Gasteiger partial charge on any atom is -0.465 e. The number of benzene rings is 1.